The fraction of sp³-hybridized carbons (Fsp3) is 1.00. The van der Waals surface area contributed by atoms with Gasteiger partial charge in [-0.15, -0.1) is 0 Å². The minimum atomic E-state index is -1.04. The van der Waals surface area contributed by atoms with Gasteiger partial charge < -0.3 is 5.11 Å². The monoisotopic (exact) mass is 173 g/mol. The Labute approximate surface area is 71.7 Å². The first-order chi connectivity index (χ1) is 5.54. The maximum atomic E-state index is 10.3. The van der Waals surface area contributed by atoms with Crippen molar-refractivity contribution in [3.63, 3.8) is 0 Å². The van der Waals surface area contributed by atoms with Crippen molar-refractivity contribution in [2.45, 2.75) is 38.2 Å². The van der Waals surface area contributed by atoms with Crippen molar-refractivity contribution in [1.29, 1.82) is 0 Å². The van der Waals surface area contributed by atoms with Crippen LogP contribution >= 0.6 is 0 Å². The van der Waals surface area contributed by atoms with Crippen molar-refractivity contribution in [1.82, 2.24) is 0 Å². The van der Waals surface area contributed by atoms with Gasteiger partial charge in [0.25, 0.3) is 0 Å². The summed E-state index contributed by atoms with van der Waals surface area (Å²) >= 11 is 0. The highest BCUT2D eigenvalue weighted by atomic mass is 16.6. The molecule has 0 saturated heterocycles. The van der Waals surface area contributed by atoms with Crippen molar-refractivity contribution in [3.8, 4) is 0 Å². The number of hydrogen-bond donors (Lipinski definition) is 1. The van der Waals surface area contributed by atoms with Gasteiger partial charge in [-0.05, 0) is 18.8 Å². The number of hydrogen-bond acceptors (Lipinski definition) is 3. The molecule has 4 heteroatoms. The van der Waals surface area contributed by atoms with Crippen molar-refractivity contribution >= 4 is 0 Å². The first-order valence-electron chi connectivity index (χ1n) is 4.39. The van der Waals surface area contributed by atoms with Crippen LogP contribution < -0.4 is 0 Å². The normalized spacial score (nSPS) is 36.3. The Balaban J connectivity index is 2.59. The van der Waals surface area contributed by atoms with Gasteiger partial charge in [0.05, 0.1) is 0 Å². The summed E-state index contributed by atoms with van der Waals surface area (Å²) < 4.78 is 0. The molecule has 1 N–H and O–H groups in total. The quantitative estimate of drug-likeness (QED) is 0.504. The minimum absolute atomic E-state index is 0.0663. The lowest BCUT2D eigenvalue weighted by molar-refractivity contribution is -0.504. The Bertz CT molecular complexity index is 183. The highest BCUT2D eigenvalue weighted by molar-refractivity contribution is 4.87. The molecule has 12 heavy (non-hydrogen) atoms. The Morgan fingerprint density at radius 3 is 2.83 bits per heavy atom. The van der Waals surface area contributed by atoms with Crippen LogP contribution in [0.3, 0.4) is 0 Å². The summed E-state index contributed by atoms with van der Waals surface area (Å²) in [6.07, 6.45) is 3.48. The smallest absolute Gasteiger partial charge is 0.232 e. The molecule has 4 nitrogen and oxygen atoms in total. The van der Waals surface area contributed by atoms with Crippen molar-refractivity contribution < 1.29 is 10.0 Å². The Hall–Kier alpha value is -0.640. The molecule has 70 valence electrons. The van der Waals surface area contributed by atoms with E-state index in [1.807, 2.05) is 6.92 Å². The largest absolute Gasteiger partial charge is 0.383 e. The zero-order valence-corrected chi connectivity index (χ0v) is 7.32. The van der Waals surface area contributed by atoms with Crippen LogP contribution in [0.4, 0.5) is 0 Å². The molecule has 0 aromatic carbocycles. The lowest BCUT2D eigenvalue weighted by Crippen LogP contribution is -2.45. The average molecular weight is 173 g/mol. The zero-order valence-electron chi connectivity index (χ0n) is 7.32. The molecule has 1 saturated carbocycles. The van der Waals surface area contributed by atoms with E-state index in [0.29, 0.717) is 6.42 Å². The summed E-state index contributed by atoms with van der Waals surface area (Å²) in [4.78, 5) is 9.85. The van der Waals surface area contributed by atoms with Crippen molar-refractivity contribution in [3.05, 3.63) is 10.1 Å². The molecule has 1 aliphatic rings. The molecule has 0 aromatic heterocycles. The molecular weight excluding hydrogens is 158 g/mol. The van der Waals surface area contributed by atoms with Gasteiger partial charge in [-0.3, -0.25) is 10.1 Å². The van der Waals surface area contributed by atoms with Gasteiger partial charge in [0.15, 0.2) is 0 Å². The van der Waals surface area contributed by atoms with Gasteiger partial charge in [0, 0.05) is 4.92 Å². The van der Waals surface area contributed by atoms with Gasteiger partial charge in [-0.25, -0.2) is 0 Å². The Kier molecular flexibility index (Phi) is 2.67. The van der Waals surface area contributed by atoms with Gasteiger partial charge in [-0.1, -0.05) is 19.8 Å². The van der Waals surface area contributed by atoms with Gasteiger partial charge in [-0.2, -0.15) is 0 Å². The van der Waals surface area contributed by atoms with Crippen LogP contribution in [-0.4, -0.2) is 22.2 Å². The standard InChI is InChI=1S/C8H15NO3/c1-7-4-2-3-5-8(7,10)6-9(11)12/h7,10H,2-6H2,1H3/t7-,8-/m0/s1. The molecule has 0 aliphatic heterocycles. The highest BCUT2D eigenvalue weighted by Gasteiger charge is 2.40. The number of nitro groups is 1. The molecule has 1 aliphatic carbocycles. The molecule has 1 fully saturated rings. The van der Waals surface area contributed by atoms with Crippen LogP contribution in [-0.2, 0) is 0 Å². The van der Waals surface area contributed by atoms with E-state index in [1.165, 1.54) is 0 Å². The second kappa shape index (κ2) is 3.39. The summed E-state index contributed by atoms with van der Waals surface area (Å²) in [5.41, 5.74) is -1.04. The van der Waals surface area contributed by atoms with Gasteiger partial charge in [0.2, 0.25) is 6.54 Å². The average Bonchev–Trinajstić information content (AvgIpc) is 1.94. The van der Waals surface area contributed by atoms with Crippen LogP contribution in [0.2, 0.25) is 0 Å². The summed E-state index contributed by atoms with van der Waals surface area (Å²) in [6.45, 7) is 1.59. The first-order valence-corrected chi connectivity index (χ1v) is 4.39. The molecule has 0 aromatic rings. The number of rotatable bonds is 2. The van der Waals surface area contributed by atoms with E-state index in [9.17, 15) is 15.2 Å². The highest BCUT2D eigenvalue weighted by Crippen LogP contribution is 2.33. The maximum absolute atomic E-state index is 10.3. The third-order valence-electron chi connectivity index (χ3n) is 2.82. The summed E-state index contributed by atoms with van der Waals surface area (Å²) in [7, 11) is 0. The lowest BCUT2D eigenvalue weighted by Gasteiger charge is -2.34. The maximum Gasteiger partial charge on any atom is 0.232 e. The van der Waals surface area contributed by atoms with E-state index in [4.69, 9.17) is 0 Å². The van der Waals surface area contributed by atoms with Crippen LogP contribution in [0.15, 0.2) is 0 Å². The minimum Gasteiger partial charge on any atom is -0.383 e. The molecule has 2 atom stereocenters. The SMILES string of the molecule is C[C@H]1CCCC[C@]1(O)C[N+](=O)[O-]. The van der Waals surface area contributed by atoms with E-state index in [2.05, 4.69) is 0 Å². The van der Waals surface area contributed by atoms with E-state index in [1.54, 1.807) is 0 Å². The third-order valence-corrected chi connectivity index (χ3v) is 2.82. The summed E-state index contributed by atoms with van der Waals surface area (Å²) in [5, 5.41) is 20.1. The van der Waals surface area contributed by atoms with Crippen LogP contribution in [0, 0.1) is 16.0 Å². The fourth-order valence-corrected chi connectivity index (χ4v) is 1.86. The van der Waals surface area contributed by atoms with Crippen LogP contribution in [0.25, 0.3) is 0 Å². The Morgan fingerprint density at radius 2 is 2.33 bits per heavy atom. The second-order valence-corrected chi connectivity index (χ2v) is 3.74. The van der Waals surface area contributed by atoms with E-state index in [-0.39, 0.29) is 12.5 Å². The lowest BCUT2D eigenvalue weighted by atomic mass is 9.76. The van der Waals surface area contributed by atoms with Crippen molar-refractivity contribution in [2.24, 2.45) is 5.92 Å². The fourth-order valence-electron chi connectivity index (χ4n) is 1.86. The van der Waals surface area contributed by atoms with E-state index in [0.717, 1.165) is 19.3 Å². The molecule has 0 unspecified atom stereocenters. The third kappa shape index (κ3) is 1.94. The predicted octanol–water partition coefficient (Wildman–Crippen LogP) is 1.20. The topological polar surface area (TPSA) is 63.4 Å². The predicted molar refractivity (Wildman–Crippen MR) is 44.4 cm³/mol. The zero-order chi connectivity index (χ0) is 9.19. The van der Waals surface area contributed by atoms with E-state index < -0.39 is 10.5 Å². The Morgan fingerprint density at radius 1 is 1.67 bits per heavy atom. The second-order valence-electron chi connectivity index (χ2n) is 3.74. The van der Waals surface area contributed by atoms with Crippen molar-refractivity contribution in [2.75, 3.05) is 6.54 Å². The molecule has 1 rings (SSSR count). The number of nitrogens with zero attached hydrogens (tertiary/aromatic N) is 1. The first kappa shape index (κ1) is 9.45. The summed E-state index contributed by atoms with van der Waals surface area (Å²) in [5.74, 6) is 0.0663. The molecule has 0 bridgehead atoms. The molecule has 0 heterocycles. The van der Waals surface area contributed by atoms with Crippen LogP contribution in [0.1, 0.15) is 32.6 Å². The number of aliphatic hydroxyl groups is 1. The molecule has 0 amide bonds. The van der Waals surface area contributed by atoms with Crippen LogP contribution in [0.5, 0.6) is 0 Å². The summed E-state index contributed by atoms with van der Waals surface area (Å²) in [6, 6.07) is 0. The van der Waals surface area contributed by atoms with E-state index >= 15 is 0 Å². The van der Waals surface area contributed by atoms with Gasteiger partial charge in [0.1, 0.15) is 5.60 Å². The molecule has 0 radical (unpaired) electrons. The van der Waals surface area contributed by atoms with Gasteiger partial charge >= 0.3 is 0 Å². The molecule has 0 spiro atoms. The molecular formula is C8H15NO3.